The van der Waals surface area contributed by atoms with E-state index in [9.17, 15) is 9.59 Å². The highest BCUT2D eigenvalue weighted by molar-refractivity contribution is 5.95. The molecule has 0 saturated heterocycles. The van der Waals surface area contributed by atoms with Gasteiger partial charge in [0.15, 0.2) is 0 Å². The first-order chi connectivity index (χ1) is 8.50. The molecule has 0 aromatic heterocycles. The summed E-state index contributed by atoms with van der Waals surface area (Å²) in [5, 5.41) is 0. The van der Waals surface area contributed by atoms with Gasteiger partial charge in [0.1, 0.15) is 5.78 Å². The van der Waals surface area contributed by atoms with E-state index in [-0.39, 0.29) is 11.7 Å². The number of hydrogen-bond acceptors (Lipinski definition) is 2. The molecule has 0 N–H and O–H groups in total. The number of rotatable bonds is 3. The molecular weight excluding hydrogens is 226 g/mol. The minimum absolute atomic E-state index is 0.0865. The second-order valence-corrected chi connectivity index (χ2v) is 4.99. The molecule has 1 aromatic rings. The Morgan fingerprint density at radius 1 is 1.28 bits per heavy atom. The smallest absolute Gasteiger partial charge is 0.223 e. The molecule has 3 heteroatoms. The Hall–Kier alpha value is -1.64. The molecule has 1 aromatic carbocycles. The number of anilines is 1. The number of carbonyl (C=O) groups excluding carboxylic acids is 2. The molecule has 2 rings (SSSR count). The van der Waals surface area contributed by atoms with Crippen molar-refractivity contribution in [3.05, 3.63) is 28.8 Å². The van der Waals surface area contributed by atoms with Gasteiger partial charge in [0, 0.05) is 19.9 Å². The van der Waals surface area contributed by atoms with Crippen LogP contribution in [0.25, 0.3) is 0 Å². The molecule has 1 amide bonds. The Balaban J connectivity index is 2.40. The topological polar surface area (TPSA) is 37.4 Å². The van der Waals surface area contributed by atoms with Crippen molar-refractivity contribution in [3.8, 4) is 0 Å². The van der Waals surface area contributed by atoms with E-state index in [1.54, 1.807) is 13.8 Å². The standard InChI is InChI=1S/C15H19NO2/c1-10-4-6-13(7-5-11(2)17)15-14(10)8-9-16(15)12(3)18/h4,6H,5,7-9H2,1-3H3. The summed E-state index contributed by atoms with van der Waals surface area (Å²) in [5.74, 6) is 0.278. The third-order valence-corrected chi connectivity index (χ3v) is 3.58. The third kappa shape index (κ3) is 2.30. The number of nitrogens with zero attached hydrogens (tertiary/aromatic N) is 1. The number of Topliss-reactive ketones (excluding diaryl/α,β-unsaturated/α-hetero) is 1. The lowest BCUT2D eigenvalue weighted by Crippen LogP contribution is -2.26. The summed E-state index contributed by atoms with van der Waals surface area (Å²) < 4.78 is 0. The van der Waals surface area contributed by atoms with Crippen LogP contribution < -0.4 is 4.90 Å². The van der Waals surface area contributed by atoms with Crippen LogP contribution in [0.1, 0.15) is 37.0 Å². The quantitative estimate of drug-likeness (QED) is 0.820. The molecule has 0 atom stereocenters. The molecule has 96 valence electrons. The third-order valence-electron chi connectivity index (χ3n) is 3.58. The van der Waals surface area contributed by atoms with Crippen molar-refractivity contribution >= 4 is 17.4 Å². The minimum atomic E-state index is 0.0865. The van der Waals surface area contributed by atoms with Crippen LogP contribution in [0.4, 0.5) is 5.69 Å². The molecule has 0 aliphatic carbocycles. The number of benzene rings is 1. The Morgan fingerprint density at radius 3 is 2.61 bits per heavy atom. The van der Waals surface area contributed by atoms with Gasteiger partial charge in [-0.25, -0.2) is 0 Å². The summed E-state index contributed by atoms with van der Waals surface area (Å²) >= 11 is 0. The zero-order valence-corrected chi connectivity index (χ0v) is 11.2. The molecule has 1 aliphatic rings. The van der Waals surface area contributed by atoms with E-state index in [0.29, 0.717) is 6.42 Å². The van der Waals surface area contributed by atoms with Gasteiger partial charge in [-0.05, 0) is 43.4 Å². The fraction of sp³-hybridized carbons (Fsp3) is 0.467. The molecule has 18 heavy (non-hydrogen) atoms. The lowest BCUT2D eigenvalue weighted by Gasteiger charge is -2.19. The van der Waals surface area contributed by atoms with E-state index in [0.717, 1.165) is 30.6 Å². The number of amides is 1. The summed E-state index contributed by atoms with van der Waals surface area (Å²) in [4.78, 5) is 24.6. The predicted molar refractivity (Wildman–Crippen MR) is 71.9 cm³/mol. The maximum absolute atomic E-state index is 11.7. The number of ketones is 1. The van der Waals surface area contributed by atoms with Crippen molar-refractivity contribution in [2.24, 2.45) is 0 Å². The fourth-order valence-corrected chi connectivity index (χ4v) is 2.60. The SMILES string of the molecule is CC(=O)CCc1ccc(C)c2c1N(C(C)=O)CC2. The van der Waals surface area contributed by atoms with Gasteiger partial charge in [0.2, 0.25) is 5.91 Å². The molecule has 1 aliphatic heterocycles. The Bertz CT molecular complexity index is 505. The Morgan fingerprint density at radius 2 is 2.00 bits per heavy atom. The van der Waals surface area contributed by atoms with E-state index >= 15 is 0 Å². The van der Waals surface area contributed by atoms with E-state index in [4.69, 9.17) is 0 Å². The van der Waals surface area contributed by atoms with Crippen LogP contribution in [0, 0.1) is 6.92 Å². The van der Waals surface area contributed by atoms with E-state index in [1.807, 2.05) is 4.90 Å². The summed E-state index contributed by atoms with van der Waals surface area (Å²) in [7, 11) is 0. The molecule has 0 unspecified atom stereocenters. The summed E-state index contributed by atoms with van der Waals surface area (Å²) in [5.41, 5.74) is 4.69. The van der Waals surface area contributed by atoms with E-state index < -0.39 is 0 Å². The van der Waals surface area contributed by atoms with Gasteiger partial charge in [-0.15, -0.1) is 0 Å². The van der Waals surface area contributed by atoms with E-state index in [1.165, 1.54) is 11.1 Å². The van der Waals surface area contributed by atoms with Gasteiger partial charge in [-0.3, -0.25) is 4.79 Å². The predicted octanol–water partition coefficient (Wildman–Crippen LogP) is 2.43. The number of aryl methyl sites for hydroxylation is 2. The second-order valence-electron chi connectivity index (χ2n) is 4.99. The molecular formula is C15H19NO2. The van der Waals surface area contributed by atoms with Crippen molar-refractivity contribution in [1.82, 2.24) is 0 Å². The number of hydrogen-bond donors (Lipinski definition) is 0. The maximum atomic E-state index is 11.7. The van der Waals surface area contributed by atoms with Crippen molar-refractivity contribution in [3.63, 3.8) is 0 Å². The average molecular weight is 245 g/mol. The monoisotopic (exact) mass is 245 g/mol. The summed E-state index contributed by atoms with van der Waals surface area (Å²) in [6, 6.07) is 4.15. The fourth-order valence-electron chi connectivity index (χ4n) is 2.60. The van der Waals surface area contributed by atoms with Gasteiger partial charge in [0.25, 0.3) is 0 Å². The van der Waals surface area contributed by atoms with Crippen molar-refractivity contribution in [2.75, 3.05) is 11.4 Å². The Kier molecular flexibility index (Phi) is 3.50. The highest BCUT2D eigenvalue weighted by atomic mass is 16.2. The summed E-state index contributed by atoms with van der Waals surface area (Å²) in [6.07, 6.45) is 2.19. The van der Waals surface area contributed by atoms with Crippen molar-refractivity contribution in [2.45, 2.75) is 40.0 Å². The van der Waals surface area contributed by atoms with Crippen molar-refractivity contribution < 1.29 is 9.59 Å². The highest BCUT2D eigenvalue weighted by Crippen LogP contribution is 2.35. The average Bonchev–Trinajstić information content (AvgIpc) is 2.73. The van der Waals surface area contributed by atoms with Crippen LogP contribution in [-0.4, -0.2) is 18.2 Å². The van der Waals surface area contributed by atoms with Crippen LogP contribution >= 0.6 is 0 Å². The number of carbonyl (C=O) groups is 2. The van der Waals surface area contributed by atoms with Gasteiger partial charge < -0.3 is 9.69 Å². The molecule has 0 bridgehead atoms. The lowest BCUT2D eigenvalue weighted by atomic mass is 9.98. The Labute approximate surface area is 108 Å². The van der Waals surface area contributed by atoms with Gasteiger partial charge >= 0.3 is 0 Å². The molecule has 0 saturated carbocycles. The minimum Gasteiger partial charge on any atom is -0.312 e. The first kappa shape index (κ1) is 12.8. The van der Waals surface area contributed by atoms with E-state index in [2.05, 4.69) is 19.1 Å². The second kappa shape index (κ2) is 4.92. The van der Waals surface area contributed by atoms with Crippen molar-refractivity contribution in [1.29, 1.82) is 0 Å². The first-order valence-electron chi connectivity index (χ1n) is 6.39. The molecule has 0 fully saturated rings. The normalized spacial score (nSPS) is 13.6. The molecule has 1 heterocycles. The van der Waals surface area contributed by atoms with Crippen LogP contribution in [0.2, 0.25) is 0 Å². The highest BCUT2D eigenvalue weighted by Gasteiger charge is 2.26. The van der Waals surface area contributed by atoms with Gasteiger partial charge in [-0.1, -0.05) is 12.1 Å². The maximum Gasteiger partial charge on any atom is 0.223 e. The summed E-state index contributed by atoms with van der Waals surface area (Å²) in [6.45, 7) is 6.06. The van der Waals surface area contributed by atoms with Crippen LogP contribution in [0.5, 0.6) is 0 Å². The van der Waals surface area contributed by atoms with Crippen LogP contribution in [0.3, 0.4) is 0 Å². The largest absolute Gasteiger partial charge is 0.312 e. The van der Waals surface area contributed by atoms with Gasteiger partial charge in [0.05, 0.1) is 5.69 Å². The van der Waals surface area contributed by atoms with Gasteiger partial charge in [-0.2, -0.15) is 0 Å². The zero-order chi connectivity index (χ0) is 13.3. The van der Waals surface area contributed by atoms with Crippen LogP contribution in [0.15, 0.2) is 12.1 Å². The van der Waals surface area contributed by atoms with Crippen LogP contribution in [-0.2, 0) is 22.4 Å². The first-order valence-corrected chi connectivity index (χ1v) is 6.39. The zero-order valence-electron chi connectivity index (χ0n) is 11.2. The number of fused-ring (bicyclic) bond motifs is 1. The molecule has 0 radical (unpaired) electrons. The molecule has 3 nitrogen and oxygen atoms in total. The lowest BCUT2D eigenvalue weighted by molar-refractivity contribution is -0.117. The molecule has 0 spiro atoms.